The largest absolute Gasteiger partial charge is 0.417 e. The van der Waals surface area contributed by atoms with Crippen LogP contribution in [-0.2, 0) is 19.8 Å². The van der Waals surface area contributed by atoms with Gasteiger partial charge in [-0.1, -0.05) is 0 Å². The molecule has 0 radical (unpaired) electrons. The molecule has 18 heavy (non-hydrogen) atoms. The first-order chi connectivity index (χ1) is 8.38. The van der Waals surface area contributed by atoms with Gasteiger partial charge in [0.15, 0.2) is 5.82 Å². The predicted molar refractivity (Wildman–Crippen MR) is 53.6 cm³/mol. The molecule has 0 spiro atoms. The molecule has 6 nitrogen and oxygen atoms in total. The lowest BCUT2D eigenvalue weighted by atomic mass is 10.3. The van der Waals surface area contributed by atoms with Crippen LogP contribution >= 0.6 is 0 Å². The molecule has 96 valence electrons. The zero-order valence-electron chi connectivity index (χ0n) is 9.22. The maximum atomic E-state index is 12.5. The van der Waals surface area contributed by atoms with E-state index in [2.05, 4.69) is 15.5 Å². The summed E-state index contributed by atoms with van der Waals surface area (Å²) in [6.45, 7) is -0.119. The van der Waals surface area contributed by atoms with Gasteiger partial charge in [0.05, 0.1) is 12.1 Å². The molecule has 0 unspecified atom stereocenters. The number of tetrazole rings is 1. The van der Waals surface area contributed by atoms with Crippen molar-refractivity contribution in [2.75, 3.05) is 0 Å². The Labute approximate surface area is 98.7 Å². The van der Waals surface area contributed by atoms with Crippen molar-refractivity contribution in [1.82, 2.24) is 24.8 Å². The average molecular weight is 259 g/mol. The summed E-state index contributed by atoms with van der Waals surface area (Å²) in [7, 11) is 1.54. The lowest BCUT2D eigenvalue weighted by molar-refractivity contribution is -0.138. The van der Waals surface area contributed by atoms with Crippen LogP contribution in [0.4, 0.5) is 13.2 Å². The van der Waals surface area contributed by atoms with Crippen molar-refractivity contribution < 1.29 is 13.2 Å². The summed E-state index contributed by atoms with van der Waals surface area (Å²) in [5, 5.41) is 10.5. The highest BCUT2D eigenvalue weighted by atomic mass is 19.4. The van der Waals surface area contributed by atoms with Crippen LogP contribution in [0.1, 0.15) is 11.4 Å². The van der Waals surface area contributed by atoms with Gasteiger partial charge in [0.2, 0.25) is 0 Å². The van der Waals surface area contributed by atoms with E-state index < -0.39 is 17.3 Å². The van der Waals surface area contributed by atoms with Crippen LogP contribution in [0.15, 0.2) is 23.1 Å². The second-order valence-corrected chi connectivity index (χ2v) is 3.60. The van der Waals surface area contributed by atoms with E-state index in [1.54, 1.807) is 0 Å². The van der Waals surface area contributed by atoms with E-state index >= 15 is 0 Å². The van der Waals surface area contributed by atoms with E-state index in [0.717, 1.165) is 22.9 Å². The molecule has 2 heterocycles. The minimum Gasteiger partial charge on any atom is -0.307 e. The summed E-state index contributed by atoms with van der Waals surface area (Å²) >= 11 is 0. The van der Waals surface area contributed by atoms with Crippen molar-refractivity contribution in [3.63, 3.8) is 0 Å². The monoisotopic (exact) mass is 259 g/mol. The number of alkyl halides is 3. The summed E-state index contributed by atoms with van der Waals surface area (Å²) in [5.41, 5.74) is -1.44. The Morgan fingerprint density at radius 2 is 2.06 bits per heavy atom. The number of aryl methyl sites for hydroxylation is 1. The van der Waals surface area contributed by atoms with Crippen molar-refractivity contribution in [2.45, 2.75) is 12.7 Å². The highest BCUT2D eigenvalue weighted by Gasteiger charge is 2.31. The molecule has 0 amide bonds. The van der Waals surface area contributed by atoms with Crippen LogP contribution in [0.25, 0.3) is 0 Å². The summed E-state index contributed by atoms with van der Waals surface area (Å²) in [4.78, 5) is 11.5. The Kier molecular flexibility index (Phi) is 2.89. The van der Waals surface area contributed by atoms with Crippen molar-refractivity contribution in [3.8, 4) is 0 Å². The molecule has 0 fully saturated rings. The highest BCUT2D eigenvalue weighted by molar-refractivity contribution is 5.14. The molecular weight excluding hydrogens is 251 g/mol. The number of halogens is 3. The summed E-state index contributed by atoms with van der Waals surface area (Å²) in [6.07, 6.45) is -3.75. The Morgan fingerprint density at radius 1 is 1.33 bits per heavy atom. The first-order valence-corrected chi connectivity index (χ1v) is 4.87. The van der Waals surface area contributed by atoms with Crippen LogP contribution in [0.3, 0.4) is 0 Å². The van der Waals surface area contributed by atoms with Crippen LogP contribution in [0.5, 0.6) is 0 Å². The Balaban J connectivity index is 2.39. The Morgan fingerprint density at radius 3 is 2.61 bits per heavy atom. The summed E-state index contributed by atoms with van der Waals surface area (Å²) in [5.74, 6) is 0.288. The molecule has 0 aliphatic carbocycles. The first-order valence-electron chi connectivity index (χ1n) is 4.87. The van der Waals surface area contributed by atoms with Gasteiger partial charge in [0, 0.05) is 19.3 Å². The molecule has 0 N–H and O–H groups in total. The van der Waals surface area contributed by atoms with Crippen molar-refractivity contribution in [2.24, 2.45) is 7.05 Å². The van der Waals surface area contributed by atoms with E-state index in [-0.39, 0.29) is 12.4 Å². The molecule has 9 heteroatoms. The van der Waals surface area contributed by atoms with E-state index in [4.69, 9.17) is 0 Å². The van der Waals surface area contributed by atoms with Crippen LogP contribution in [0.2, 0.25) is 0 Å². The average Bonchev–Trinajstić information content (AvgIpc) is 2.66. The fourth-order valence-corrected chi connectivity index (χ4v) is 1.36. The van der Waals surface area contributed by atoms with Crippen molar-refractivity contribution >= 4 is 0 Å². The molecule has 0 aliphatic rings. The zero-order valence-corrected chi connectivity index (χ0v) is 9.22. The highest BCUT2D eigenvalue weighted by Crippen LogP contribution is 2.28. The third-order valence-corrected chi connectivity index (χ3v) is 2.33. The fraction of sp³-hybridized carbons (Fsp3) is 0.333. The Hall–Kier alpha value is -2.19. The van der Waals surface area contributed by atoms with Gasteiger partial charge in [-0.15, -0.1) is 5.10 Å². The third-order valence-electron chi connectivity index (χ3n) is 2.33. The number of aromatic nitrogens is 5. The fourth-order valence-electron chi connectivity index (χ4n) is 1.36. The maximum absolute atomic E-state index is 12.5. The summed E-state index contributed by atoms with van der Waals surface area (Å²) < 4.78 is 39.7. The molecule has 0 atom stereocenters. The van der Waals surface area contributed by atoms with E-state index in [0.29, 0.717) is 0 Å². The number of hydrogen-bond acceptors (Lipinski definition) is 4. The van der Waals surface area contributed by atoms with Gasteiger partial charge in [-0.25, -0.2) is 4.68 Å². The minimum absolute atomic E-state index is 0.119. The van der Waals surface area contributed by atoms with Crippen LogP contribution < -0.4 is 5.56 Å². The van der Waals surface area contributed by atoms with E-state index in [1.165, 1.54) is 11.7 Å². The molecule has 2 aromatic heterocycles. The predicted octanol–water partition coefficient (Wildman–Crippen LogP) is 0.439. The molecule has 0 saturated heterocycles. The number of rotatable bonds is 2. The van der Waals surface area contributed by atoms with Gasteiger partial charge in [0.25, 0.3) is 5.56 Å². The lowest BCUT2D eigenvalue weighted by Crippen LogP contribution is -2.23. The SMILES string of the molecule is Cn1nnnc1Cn1cc(C(F)(F)F)ccc1=O. The molecule has 0 aromatic carbocycles. The normalized spacial score (nSPS) is 11.8. The standard InChI is InChI=1S/C9H8F3N5O/c1-16-7(13-14-15-16)5-17-4-6(9(10,11)12)2-3-8(17)18/h2-4H,5H2,1H3. The number of pyridine rings is 1. The molecule has 0 aliphatic heterocycles. The van der Waals surface area contributed by atoms with Gasteiger partial charge in [-0.05, 0) is 16.5 Å². The van der Waals surface area contributed by atoms with Gasteiger partial charge >= 0.3 is 6.18 Å². The molecule has 0 saturated carbocycles. The third kappa shape index (κ3) is 2.39. The Bertz CT molecular complexity index is 615. The molecule has 2 rings (SSSR count). The second-order valence-electron chi connectivity index (χ2n) is 3.60. The van der Waals surface area contributed by atoms with Gasteiger partial charge < -0.3 is 4.57 Å². The molecule has 0 bridgehead atoms. The summed E-state index contributed by atoms with van der Waals surface area (Å²) in [6, 6.07) is 1.61. The number of hydrogen-bond donors (Lipinski definition) is 0. The smallest absolute Gasteiger partial charge is 0.307 e. The second kappa shape index (κ2) is 4.24. The quantitative estimate of drug-likeness (QED) is 0.785. The van der Waals surface area contributed by atoms with Gasteiger partial charge in [-0.2, -0.15) is 13.2 Å². The van der Waals surface area contributed by atoms with E-state index in [1.807, 2.05) is 0 Å². The molecule has 2 aromatic rings. The van der Waals surface area contributed by atoms with Gasteiger partial charge in [-0.3, -0.25) is 4.79 Å². The van der Waals surface area contributed by atoms with Crippen LogP contribution in [-0.4, -0.2) is 24.8 Å². The first kappa shape index (κ1) is 12.3. The zero-order chi connectivity index (χ0) is 13.3. The van der Waals surface area contributed by atoms with Crippen LogP contribution in [0, 0.1) is 0 Å². The van der Waals surface area contributed by atoms with Crippen molar-refractivity contribution in [3.05, 3.63) is 40.1 Å². The van der Waals surface area contributed by atoms with E-state index in [9.17, 15) is 18.0 Å². The maximum Gasteiger partial charge on any atom is 0.417 e. The molecular formula is C9H8F3N5O. The lowest BCUT2D eigenvalue weighted by Gasteiger charge is -2.09. The van der Waals surface area contributed by atoms with Gasteiger partial charge in [0.1, 0.15) is 0 Å². The number of nitrogens with zero attached hydrogens (tertiary/aromatic N) is 5. The minimum atomic E-state index is -4.49. The van der Waals surface area contributed by atoms with Crippen molar-refractivity contribution in [1.29, 1.82) is 0 Å². The topological polar surface area (TPSA) is 65.6 Å².